The van der Waals surface area contributed by atoms with Crippen LogP contribution in [0.4, 0.5) is 0 Å². The Morgan fingerprint density at radius 2 is 2.14 bits per heavy atom. The third-order valence-corrected chi connectivity index (χ3v) is 5.48. The molecule has 0 amide bonds. The number of nitrogens with zero attached hydrogens (tertiary/aromatic N) is 3. The van der Waals surface area contributed by atoms with Gasteiger partial charge in [-0.05, 0) is 31.4 Å². The highest BCUT2D eigenvalue weighted by atomic mass is 35.5. The number of alkyl halides is 1. The van der Waals surface area contributed by atoms with Crippen LogP contribution >= 0.6 is 23.2 Å². The van der Waals surface area contributed by atoms with Gasteiger partial charge < -0.3 is 5.11 Å². The highest BCUT2D eigenvalue weighted by molar-refractivity contribution is 6.31. The molecule has 112 valence electrons. The molecular weight excluding hydrogens is 309 g/mol. The first-order valence-electron chi connectivity index (χ1n) is 6.95. The van der Waals surface area contributed by atoms with E-state index >= 15 is 0 Å². The molecule has 21 heavy (non-hydrogen) atoms. The van der Waals surface area contributed by atoms with E-state index in [2.05, 4.69) is 10.1 Å². The molecule has 1 N–H and O–H groups in total. The fraction of sp³-hybridized carbons (Fsp3) is 0.467. The van der Waals surface area contributed by atoms with Gasteiger partial charge >= 0.3 is 0 Å². The summed E-state index contributed by atoms with van der Waals surface area (Å²) in [5, 5.41) is 16.1. The Kier molecular flexibility index (Phi) is 3.72. The monoisotopic (exact) mass is 325 g/mol. The number of aliphatic hydroxyl groups is 1. The van der Waals surface area contributed by atoms with Crippen LogP contribution in [-0.2, 0) is 6.42 Å². The summed E-state index contributed by atoms with van der Waals surface area (Å²) in [6.07, 6.45) is 5.02. The number of halogens is 2. The van der Waals surface area contributed by atoms with Crippen molar-refractivity contribution in [3.8, 4) is 0 Å². The van der Waals surface area contributed by atoms with Crippen LogP contribution in [0, 0.1) is 0 Å². The van der Waals surface area contributed by atoms with Crippen LogP contribution in [0.2, 0.25) is 5.02 Å². The van der Waals surface area contributed by atoms with Crippen molar-refractivity contribution in [2.75, 3.05) is 0 Å². The van der Waals surface area contributed by atoms with E-state index in [4.69, 9.17) is 23.2 Å². The summed E-state index contributed by atoms with van der Waals surface area (Å²) in [4.78, 5) is 3.33. The summed E-state index contributed by atoms with van der Waals surface area (Å²) >= 11 is 12.9. The Balaban J connectivity index is 1.96. The first-order chi connectivity index (χ1) is 9.96. The lowest BCUT2D eigenvalue weighted by Gasteiger charge is -2.38. The van der Waals surface area contributed by atoms with Gasteiger partial charge in [0, 0.05) is 11.4 Å². The van der Waals surface area contributed by atoms with Crippen LogP contribution in [0.5, 0.6) is 0 Å². The van der Waals surface area contributed by atoms with Crippen LogP contribution in [-0.4, -0.2) is 30.3 Å². The SMILES string of the molecule is CC(n1cncn1)C(O)(Cc1ccccc1Cl)C1(Cl)CC1. The third kappa shape index (κ3) is 2.56. The van der Waals surface area contributed by atoms with E-state index in [1.54, 1.807) is 11.0 Å². The Labute approximate surface area is 133 Å². The van der Waals surface area contributed by atoms with Crippen LogP contribution in [0.1, 0.15) is 31.4 Å². The first kappa shape index (κ1) is 14.8. The molecule has 1 fully saturated rings. The van der Waals surface area contributed by atoms with Crippen LogP contribution < -0.4 is 0 Å². The lowest BCUT2D eigenvalue weighted by Crippen LogP contribution is -2.50. The molecule has 2 atom stereocenters. The largest absolute Gasteiger partial charge is 0.385 e. The Bertz CT molecular complexity index is 628. The van der Waals surface area contributed by atoms with Crippen molar-refractivity contribution in [1.29, 1.82) is 0 Å². The number of aromatic nitrogens is 3. The molecule has 2 aromatic rings. The average Bonchev–Trinajstić information content (AvgIpc) is 3.03. The van der Waals surface area contributed by atoms with Crippen molar-refractivity contribution < 1.29 is 5.11 Å². The maximum atomic E-state index is 11.3. The van der Waals surface area contributed by atoms with Gasteiger partial charge in [-0.25, -0.2) is 9.67 Å². The fourth-order valence-electron chi connectivity index (χ4n) is 2.79. The van der Waals surface area contributed by atoms with Crippen LogP contribution in [0.15, 0.2) is 36.9 Å². The number of hydrogen-bond acceptors (Lipinski definition) is 3. The summed E-state index contributed by atoms with van der Waals surface area (Å²) in [7, 11) is 0. The zero-order chi connectivity index (χ0) is 15.1. The minimum absolute atomic E-state index is 0.295. The highest BCUT2D eigenvalue weighted by Gasteiger charge is 2.60. The molecule has 0 radical (unpaired) electrons. The van der Waals surface area contributed by atoms with Crippen molar-refractivity contribution >= 4 is 23.2 Å². The van der Waals surface area contributed by atoms with Gasteiger partial charge in [0.05, 0.1) is 10.9 Å². The second kappa shape index (κ2) is 5.27. The standard InChI is InChI=1S/C15H17Cl2N3O/c1-11(20-10-18-9-19-20)15(21,14(17)6-7-14)8-12-4-2-3-5-13(12)16/h2-5,9-11,21H,6-8H2,1H3. The number of rotatable bonds is 5. The van der Waals surface area contributed by atoms with E-state index in [0.29, 0.717) is 11.4 Å². The molecule has 1 aromatic heterocycles. The maximum absolute atomic E-state index is 11.3. The summed E-state index contributed by atoms with van der Waals surface area (Å²) in [5.74, 6) is 0. The molecule has 1 aliphatic carbocycles. The molecule has 0 spiro atoms. The van der Waals surface area contributed by atoms with E-state index in [1.165, 1.54) is 6.33 Å². The van der Waals surface area contributed by atoms with Crippen LogP contribution in [0.25, 0.3) is 0 Å². The van der Waals surface area contributed by atoms with Gasteiger partial charge in [-0.1, -0.05) is 29.8 Å². The molecule has 0 aliphatic heterocycles. The van der Waals surface area contributed by atoms with E-state index < -0.39 is 10.5 Å². The minimum Gasteiger partial charge on any atom is -0.385 e. The summed E-state index contributed by atoms with van der Waals surface area (Å²) < 4.78 is 1.65. The summed E-state index contributed by atoms with van der Waals surface area (Å²) in [6.45, 7) is 1.91. The summed E-state index contributed by atoms with van der Waals surface area (Å²) in [6, 6.07) is 7.24. The van der Waals surface area contributed by atoms with Gasteiger partial charge in [0.1, 0.15) is 18.3 Å². The quantitative estimate of drug-likeness (QED) is 0.858. The van der Waals surface area contributed by atoms with E-state index in [-0.39, 0.29) is 6.04 Å². The lowest BCUT2D eigenvalue weighted by atomic mass is 9.83. The molecule has 0 bridgehead atoms. The first-order valence-corrected chi connectivity index (χ1v) is 7.71. The van der Waals surface area contributed by atoms with Gasteiger partial charge in [-0.2, -0.15) is 5.10 Å². The molecular formula is C15H17Cl2N3O. The van der Waals surface area contributed by atoms with Crippen molar-refractivity contribution in [2.45, 2.75) is 42.7 Å². The van der Waals surface area contributed by atoms with E-state index in [0.717, 1.165) is 18.4 Å². The van der Waals surface area contributed by atoms with Crippen molar-refractivity contribution in [2.24, 2.45) is 0 Å². The van der Waals surface area contributed by atoms with Gasteiger partial charge in [-0.15, -0.1) is 11.6 Å². The maximum Gasteiger partial charge on any atom is 0.137 e. The molecule has 1 aromatic carbocycles. The Hall–Kier alpha value is -1.10. The fourth-order valence-corrected chi connectivity index (χ4v) is 3.31. The smallest absolute Gasteiger partial charge is 0.137 e. The zero-order valence-electron chi connectivity index (χ0n) is 11.7. The second-order valence-corrected chi connectivity index (χ2v) is 6.84. The topological polar surface area (TPSA) is 50.9 Å². The molecule has 0 saturated heterocycles. The van der Waals surface area contributed by atoms with Crippen molar-refractivity contribution in [3.63, 3.8) is 0 Å². The summed E-state index contributed by atoms with van der Waals surface area (Å²) in [5.41, 5.74) is -0.242. The van der Waals surface area contributed by atoms with Crippen molar-refractivity contribution in [1.82, 2.24) is 14.8 Å². The Morgan fingerprint density at radius 3 is 2.71 bits per heavy atom. The van der Waals surface area contributed by atoms with Gasteiger partial charge in [0.25, 0.3) is 0 Å². The molecule has 4 nitrogen and oxygen atoms in total. The van der Waals surface area contributed by atoms with Crippen molar-refractivity contribution in [3.05, 3.63) is 47.5 Å². The average molecular weight is 326 g/mol. The molecule has 3 rings (SSSR count). The lowest BCUT2D eigenvalue weighted by molar-refractivity contribution is -0.0212. The second-order valence-electron chi connectivity index (χ2n) is 5.71. The zero-order valence-corrected chi connectivity index (χ0v) is 13.2. The van der Waals surface area contributed by atoms with E-state index in [9.17, 15) is 5.11 Å². The van der Waals surface area contributed by atoms with Gasteiger partial charge in [0.2, 0.25) is 0 Å². The predicted octanol–water partition coefficient (Wildman–Crippen LogP) is 3.24. The van der Waals surface area contributed by atoms with Gasteiger partial charge in [-0.3, -0.25) is 0 Å². The minimum atomic E-state index is -1.13. The molecule has 1 aliphatic rings. The predicted molar refractivity (Wildman–Crippen MR) is 82.7 cm³/mol. The van der Waals surface area contributed by atoms with Crippen LogP contribution in [0.3, 0.4) is 0 Å². The molecule has 1 saturated carbocycles. The number of hydrogen-bond donors (Lipinski definition) is 1. The third-order valence-electron chi connectivity index (χ3n) is 4.41. The Morgan fingerprint density at radius 1 is 1.43 bits per heavy atom. The normalized spacial score (nSPS) is 20.8. The molecule has 2 unspecified atom stereocenters. The molecule has 6 heteroatoms. The van der Waals surface area contributed by atoms with E-state index in [1.807, 2.05) is 31.2 Å². The molecule has 1 heterocycles. The van der Waals surface area contributed by atoms with Gasteiger partial charge in [0.15, 0.2) is 0 Å². The highest BCUT2D eigenvalue weighted by Crippen LogP contribution is 2.56. The number of benzene rings is 1.